The van der Waals surface area contributed by atoms with Crippen molar-refractivity contribution in [3.8, 4) is 27.7 Å². The standard InChI is InChI=1S/C38H45NO5S.ClH/c1-37(2,3)35(40)43-29-16-12-27(13-17-29)34-32(31-19-18-30(25-33(31)45-34)44-36(41)38(4,5)6)24-26-10-14-28(15-11-26)42-23-22-39-20-8-7-9-21-39;/h10-19,25H,7-9,20-24H2,1-6H3;1H. The monoisotopic (exact) mass is 663 g/mol. The van der Waals surface area contributed by atoms with Gasteiger partial charge in [-0.2, -0.15) is 0 Å². The van der Waals surface area contributed by atoms with Crippen molar-refractivity contribution in [2.75, 3.05) is 26.2 Å². The lowest BCUT2D eigenvalue weighted by atomic mass is 9.97. The summed E-state index contributed by atoms with van der Waals surface area (Å²) in [6.07, 6.45) is 4.63. The van der Waals surface area contributed by atoms with E-state index in [1.165, 1.54) is 43.5 Å². The van der Waals surface area contributed by atoms with Gasteiger partial charge in [0.2, 0.25) is 0 Å². The van der Waals surface area contributed by atoms with Gasteiger partial charge in [0.05, 0.1) is 10.8 Å². The summed E-state index contributed by atoms with van der Waals surface area (Å²) in [6.45, 7) is 15.1. The van der Waals surface area contributed by atoms with E-state index in [1.54, 1.807) is 11.3 Å². The molecule has 1 saturated heterocycles. The van der Waals surface area contributed by atoms with Gasteiger partial charge in [0.1, 0.15) is 23.9 Å². The van der Waals surface area contributed by atoms with E-state index >= 15 is 0 Å². The van der Waals surface area contributed by atoms with Crippen LogP contribution in [-0.4, -0.2) is 43.1 Å². The van der Waals surface area contributed by atoms with Crippen LogP contribution in [-0.2, 0) is 16.0 Å². The van der Waals surface area contributed by atoms with E-state index in [2.05, 4.69) is 29.2 Å². The molecule has 0 aliphatic carbocycles. The van der Waals surface area contributed by atoms with Gasteiger partial charge in [-0.3, -0.25) is 14.5 Å². The zero-order valence-electron chi connectivity index (χ0n) is 27.8. The van der Waals surface area contributed by atoms with Crippen molar-refractivity contribution in [3.05, 3.63) is 77.9 Å². The Morgan fingerprint density at radius 2 is 1.30 bits per heavy atom. The molecule has 1 aromatic heterocycles. The first-order valence-corrected chi connectivity index (χ1v) is 16.7. The van der Waals surface area contributed by atoms with Crippen LogP contribution in [0.2, 0.25) is 0 Å². The molecule has 6 nitrogen and oxygen atoms in total. The van der Waals surface area contributed by atoms with Crippen LogP contribution in [0.25, 0.3) is 20.5 Å². The summed E-state index contributed by atoms with van der Waals surface area (Å²) in [5, 5.41) is 1.12. The van der Waals surface area contributed by atoms with E-state index in [0.29, 0.717) is 18.1 Å². The fraction of sp³-hybridized carbons (Fsp3) is 0.421. The Morgan fingerprint density at radius 3 is 1.91 bits per heavy atom. The second kappa shape index (κ2) is 15.0. The minimum atomic E-state index is -0.595. The lowest BCUT2D eigenvalue weighted by Gasteiger charge is -2.26. The van der Waals surface area contributed by atoms with Gasteiger partial charge >= 0.3 is 11.9 Å². The Hall–Kier alpha value is -3.39. The van der Waals surface area contributed by atoms with Crippen LogP contribution in [0.4, 0.5) is 0 Å². The molecule has 0 radical (unpaired) electrons. The van der Waals surface area contributed by atoms with Gasteiger partial charge in [0, 0.05) is 16.1 Å². The summed E-state index contributed by atoms with van der Waals surface area (Å²) in [5.74, 6) is 1.41. The van der Waals surface area contributed by atoms with Crippen LogP contribution < -0.4 is 14.2 Å². The highest BCUT2D eigenvalue weighted by Gasteiger charge is 2.25. The SMILES string of the molecule is CC(C)(C)C(=O)Oc1ccc(-c2sc3cc(OC(=O)C(C)(C)C)ccc3c2Cc2ccc(OCCN3CCCCC3)cc2)cc1.Cl. The first kappa shape index (κ1) is 35.5. The fourth-order valence-corrected chi connectivity index (χ4v) is 6.44. The zero-order chi connectivity index (χ0) is 32.2. The molecule has 8 heteroatoms. The lowest BCUT2D eigenvalue weighted by molar-refractivity contribution is -0.143. The van der Waals surface area contributed by atoms with E-state index in [4.69, 9.17) is 14.2 Å². The van der Waals surface area contributed by atoms with Crippen LogP contribution in [0.1, 0.15) is 71.9 Å². The van der Waals surface area contributed by atoms with Crippen LogP contribution in [0.15, 0.2) is 66.7 Å². The molecule has 246 valence electrons. The Bertz CT molecular complexity index is 1630. The van der Waals surface area contributed by atoms with Crippen molar-refractivity contribution >= 4 is 45.8 Å². The number of benzene rings is 3. The molecule has 3 aromatic carbocycles. The van der Waals surface area contributed by atoms with E-state index in [0.717, 1.165) is 39.2 Å². The van der Waals surface area contributed by atoms with E-state index in [9.17, 15) is 9.59 Å². The number of carbonyl (C=O) groups excluding carboxylic acids is 2. The summed E-state index contributed by atoms with van der Waals surface area (Å²) in [7, 11) is 0. The summed E-state index contributed by atoms with van der Waals surface area (Å²) < 4.78 is 18.5. The highest BCUT2D eigenvalue weighted by atomic mass is 35.5. The highest BCUT2D eigenvalue weighted by molar-refractivity contribution is 7.22. The fourth-order valence-electron chi connectivity index (χ4n) is 5.18. The van der Waals surface area contributed by atoms with Gasteiger partial charge in [-0.1, -0.05) is 18.6 Å². The second-order valence-corrected chi connectivity index (χ2v) is 15.0. The third-order valence-electron chi connectivity index (χ3n) is 7.96. The van der Waals surface area contributed by atoms with Crippen LogP contribution >= 0.6 is 23.7 Å². The predicted molar refractivity (Wildman–Crippen MR) is 190 cm³/mol. The number of rotatable bonds is 9. The summed E-state index contributed by atoms with van der Waals surface area (Å²) in [6, 6.07) is 22.0. The largest absolute Gasteiger partial charge is 0.492 e. The Kier molecular flexibility index (Phi) is 11.6. The molecule has 0 unspecified atom stereocenters. The molecule has 4 aromatic rings. The van der Waals surface area contributed by atoms with Crippen molar-refractivity contribution in [3.63, 3.8) is 0 Å². The van der Waals surface area contributed by atoms with E-state index < -0.39 is 10.8 Å². The molecule has 0 atom stereocenters. The molecular formula is C38H46ClNO5S. The molecular weight excluding hydrogens is 618 g/mol. The molecule has 46 heavy (non-hydrogen) atoms. The van der Waals surface area contributed by atoms with Crippen molar-refractivity contribution in [1.29, 1.82) is 0 Å². The van der Waals surface area contributed by atoms with Crippen molar-refractivity contribution < 1.29 is 23.8 Å². The highest BCUT2D eigenvalue weighted by Crippen LogP contribution is 2.42. The summed E-state index contributed by atoms with van der Waals surface area (Å²) in [4.78, 5) is 28.6. The molecule has 0 amide bonds. The van der Waals surface area contributed by atoms with Gasteiger partial charge in [-0.25, -0.2) is 0 Å². The van der Waals surface area contributed by atoms with E-state index in [-0.39, 0.29) is 24.3 Å². The molecule has 1 fully saturated rings. The van der Waals surface area contributed by atoms with Crippen LogP contribution in [0, 0.1) is 10.8 Å². The maximum atomic E-state index is 12.6. The Labute approximate surface area is 283 Å². The molecule has 1 aliphatic rings. The van der Waals surface area contributed by atoms with Crippen LogP contribution in [0.3, 0.4) is 0 Å². The first-order valence-electron chi connectivity index (χ1n) is 15.9. The summed E-state index contributed by atoms with van der Waals surface area (Å²) >= 11 is 1.67. The molecule has 0 saturated carbocycles. The van der Waals surface area contributed by atoms with Crippen molar-refractivity contribution in [2.45, 2.75) is 67.2 Å². The Balaban J connectivity index is 0.00000480. The average Bonchev–Trinajstić information content (AvgIpc) is 3.35. The Morgan fingerprint density at radius 1 is 0.739 bits per heavy atom. The van der Waals surface area contributed by atoms with Crippen molar-refractivity contribution in [1.82, 2.24) is 4.90 Å². The van der Waals surface area contributed by atoms with Gasteiger partial charge in [-0.05, 0) is 151 Å². The number of nitrogens with zero attached hydrogens (tertiary/aromatic N) is 1. The second-order valence-electron chi connectivity index (χ2n) is 13.9. The number of thiophene rings is 1. The maximum Gasteiger partial charge on any atom is 0.316 e. The minimum Gasteiger partial charge on any atom is -0.492 e. The normalized spacial score (nSPS) is 14.0. The number of hydrogen-bond donors (Lipinski definition) is 0. The van der Waals surface area contributed by atoms with Crippen LogP contribution in [0.5, 0.6) is 17.2 Å². The number of hydrogen-bond acceptors (Lipinski definition) is 7. The molecule has 0 N–H and O–H groups in total. The number of ether oxygens (including phenoxy) is 3. The smallest absolute Gasteiger partial charge is 0.316 e. The number of carbonyl (C=O) groups is 2. The molecule has 0 spiro atoms. The first-order chi connectivity index (χ1) is 21.4. The quantitative estimate of drug-likeness (QED) is 0.131. The molecule has 1 aliphatic heterocycles. The zero-order valence-corrected chi connectivity index (χ0v) is 29.4. The molecule has 0 bridgehead atoms. The molecule has 5 rings (SSSR count). The topological polar surface area (TPSA) is 65.1 Å². The lowest BCUT2D eigenvalue weighted by Crippen LogP contribution is -2.33. The minimum absolute atomic E-state index is 0. The molecule has 2 heterocycles. The number of halogens is 1. The predicted octanol–water partition coefficient (Wildman–Crippen LogP) is 9.35. The average molecular weight is 664 g/mol. The van der Waals surface area contributed by atoms with Gasteiger partial charge in [-0.15, -0.1) is 23.7 Å². The number of likely N-dealkylation sites (tertiary alicyclic amines) is 1. The summed E-state index contributed by atoms with van der Waals surface area (Å²) in [5.41, 5.74) is 2.23. The maximum absolute atomic E-state index is 12.6. The van der Waals surface area contributed by atoms with Gasteiger partial charge in [0.15, 0.2) is 0 Å². The van der Waals surface area contributed by atoms with Gasteiger partial charge < -0.3 is 14.2 Å². The number of piperidine rings is 1. The number of esters is 2. The third-order valence-corrected chi connectivity index (χ3v) is 9.20. The third kappa shape index (κ3) is 9.11. The van der Waals surface area contributed by atoms with Gasteiger partial charge in [0.25, 0.3) is 0 Å². The number of fused-ring (bicyclic) bond motifs is 1. The van der Waals surface area contributed by atoms with Crippen molar-refractivity contribution in [2.24, 2.45) is 10.8 Å². The van der Waals surface area contributed by atoms with E-state index in [1.807, 2.05) is 84.0 Å².